The van der Waals surface area contributed by atoms with Crippen molar-refractivity contribution in [3.8, 4) is 0 Å². The van der Waals surface area contributed by atoms with Crippen LogP contribution in [0, 0.1) is 0 Å². The second-order valence-corrected chi connectivity index (χ2v) is 2.32. The molecule has 1 aromatic rings. The minimum Gasteiger partial charge on any atom is -0.336 e. The van der Waals surface area contributed by atoms with Crippen molar-refractivity contribution in [1.82, 2.24) is 20.3 Å². The first-order valence-corrected chi connectivity index (χ1v) is 3.43. The van der Waals surface area contributed by atoms with Crippen molar-refractivity contribution in [1.29, 1.82) is 0 Å². The summed E-state index contributed by atoms with van der Waals surface area (Å²) in [5.41, 5.74) is 2.88. The average molecular weight is 169 g/mol. The van der Waals surface area contributed by atoms with Gasteiger partial charge < -0.3 is 9.88 Å². The van der Waals surface area contributed by atoms with Gasteiger partial charge in [-0.05, 0) is 0 Å². The Bertz CT molecular complexity index is 269. The zero-order valence-corrected chi connectivity index (χ0v) is 6.74. The third-order valence-electron chi connectivity index (χ3n) is 1.48. The summed E-state index contributed by atoms with van der Waals surface area (Å²) in [6.45, 7) is 0.416. The quantitative estimate of drug-likeness (QED) is 0.304. The van der Waals surface area contributed by atoms with Gasteiger partial charge in [0.1, 0.15) is 0 Å². The fourth-order valence-corrected chi connectivity index (χ4v) is 0.777. The van der Waals surface area contributed by atoms with Crippen LogP contribution in [0.5, 0.6) is 0 Å². The molecule has 0 aliphatic carbocycles. The number of imidazole rings is 1. The Hall–Kier alpha value is -1.56. The lowest BCUT2D eigenvalue weighted by Gasteiger charge is -2.03. The van der Waals surface area contributed by atoms with E-state index in [-0.39, 0.29) is 0 Å². The summed E-state index contributed by atoms with van der Waals surface area (Å²) in [5.74, 6) is 4.87. The van der Waals surface area contributed by atoms with Gasteiger partial charge in [-0.2, -0.15) is 0 Å². The molecule has 1 rings (SSSR count). The van der Waals surface area contributed by atoms with Crippen LogP contribution in [0.4, 0.5) is 4.79 Å². The molecule has 0 bridgehead atoms. The Morgan fingerprint density at radius 3 is 3.08 bits per heavy atom. The number of aromatic nitrogens is 2. The number of aryl methyl sites for hydroxylation is 1. The highest BCUT2D eigenvalue weighted by Gasteiger charge is 1.99. The lowest BCUT2D eigenvalue weighted by atomic mass is 10.4. The van der Waals surface area contributed by atoms with Crippen LogP contribution >= 0.6 is 0 Å². The summed E-state index contributed by atoms with van der Waals surface area (Å²) in [6, 6.07) is -0.406. The van der Waals surface area contributed by atoms with Crippen molar-refractivity contribution in [2.24, 2.45) is 12.9 Å². The fraction of sp³-hybridized carbons (Fsp3) is 0.333. The van der Waals surface area contributed by atoms with Gasteiger partial charge in [0, 0.05) is 13.2 Å². The van der Waals surface area contributed by atoms with Crippen molar-refractivity contribution < 1.29 is 4.79 Å². The van der Waals surface area contributed by atoms with Gasteiger partial charge >= 0.3 is 6.03 Å². The molecule has 0 spiro atoms. The topological polar surface area (TPSA) is 85.0 Å². The van der Waals surface area contributed by atoms with Crippen LogP contribution in [-0.2, 0) is 13.6 Å². The van der Waals surface area contributed by atoms with Crippen LogP contribution in [0.3, 0.4) is 0 Å². The van der Waals surface area contributed by atoms with E-state index >= 15 is 0 Å². The van der Waals surface area contributed by atoms with Gasteiger partial charge in [0.25, 0.3) is 0 Å². The van der Waals surface area contributed by atoms with Crippen molar-refractivity contribution in [3.63, 3.8) is 0 Å². The van der Waals surface area contributed by atoms with Gasteiger partial charge in [-0.3, -0.25) is 5.43 Å². The Morgan fingerprint density at radius 1 is 1.83 bits per heavy atom. The van der Waals surface area contributed by atoms with Crippen LogP contribution in [0.15, 0.2) is 12.5 Å². The number of nitrogens with two attached hydrogens (primary N) is 1. The number of hydrazine groups is 1. The number of nitrogens with zero attached hydrogens (tertiary/aromatic N) is 2. The Labute approximate surface area is 69.7 Å². The molecule has 1 aromatic heterocycles. The first-order chi connectivity index (χ1) is 5.74. The Kier molecular flexibility index (Phi) is 2.65. The standard InChI is InChI=1S/C6H11N5O/c1-11-4-8-2-5(11)3-9-6(12)10-7/h2,4H,3,7H2,1H3,(H2,9,10,12). The normalized spacial score (nSPS) is 9.50. The lowest BCUT2D eigenvalue weighted by molar-refractivity contribution is 0.240. The first-order valence-electron chi connectivity index (χ1n) is 3.43. The molecule has 0 unspecified atom stereocenters. The number of urea groups is 1. The molecule has 0 aliphatic heterocycles. The maximum absolute atomic E-state index is 10.6. The Morgan fingerprint density at radius 2 is 2.58 bits per heavy atom. The third-order valence-corrected chi connectivity index (χ3v) is 1.48. The molecular weight excluding hydrogens is 158 g/mol. The van der Waals surface area contributed by atoms with Crippen molar-refractivity contribution in [2.75, 3.05) is 0 Å². The monoisotopic (exact) mass is 169 g/mol. The largest absolute Gasteiger partial charge is 0.336 e. The summed E-state index contributed by atoms with van der Waals surface area (Å²) in [4.78, 5) is 14.5. The van der Waals surface area contributed by atoms with Crippen molar-refractivity contribution in [3.05, 3.63) is 18.2 Å². The fourth-order valence-electron chi connectivity index (χ4n) is 0.777. The van der Waals surface area contributed by atoms with Gasteiger partial charge in [-0.25, -0.2) is 15.6 Å². The van der Waals surface area contributed by atoms with Crippen LogP contribution in [-0.4, -0.2) is 15.6 Å². The molecule has 0 aliphatic rings. The van der Waals surface area contributed by atoms with E-state index in [0.29, 0.717) is 6.54 Å². The highest BCUT2D eigenvalue weighted by atomic mass is 16.2. The Balaban J connectivity index is 2.43. The highest BCUT2D eigenvalue weighted by molar-refractivity contribution is 5.72. The first kappa shape index (κ1) is 8.54. The molecule has 12 heavy (non-hydrogen) atoms. The zero-order chi connectivity index (χ0) is 8.97. The molecule has 0 radical (unpaired) electrons. The number of carbonyl (C=O) groups excluding carboxylic acids is 1. The van der Waals surface area contributed by atoms with E-state index in [1.807, 2.05) is 17.0 Å². The minimum atomic E-state index is -0.406. The van der Waals surface area contributed by atoms with Crippen LogP contribution in [0.2, 0.25) is 0 Å². The highest BCUT2D eigenvalue weighted by Crippen LogP contribution is 1.93. The number of amides is 2. The summed E-state index contributed by atoms with van der Waals surface area (Å²) in [7, 11) is 1.85. The SMILES string of the molecule is Cn1cncc1CNC(=O)NN. The van der Waals surface area contributed by atoms with E-state index in [1.54, 1.807) is 12.5 Å². The van der Waals surface area contributed by atoms with E-state index in [4.69, 9.17) is 5.84 Å². The molecule has 0 saturated carbocycles. The summed E-state index contributed by atoms with van der Waals surface area (Å²) >= 11 is 0. The van der Waals surface area contributed by atoms with Crippen LogP contribution in [0.1, 0.15) is 5.69 Å². The summed E-state index contributed by atoms with van der Waals surface area (Å²) in [5, 5.41) is 2.54. The number of hydrogen-bond donors (Lipinski definition) is 3. The number of nitrogens with one attached hydrogen (secondary N) is 2. The maximum atomic E-state index is 10.6. The van der Waals surface area contributed by atoms with Crippen LogP contribution < -0.4 is 16.6 Å². The molecule has 0 atom stereocenters. The molecule has 6 heteroatoms. The molecule has 0 aromatic carbocycles. The second kappa shape index (κ2) is 3.72. The van der Waals surface area contributed by atoms with Gasteiger partial charge in [0.05, 0.1) is 18.6 Å². The molecule has 0 fully saturated rings. The number of rotatable bonds is 2. The summed E-state index contributed by atoms with van der Waals surface area (Å²) in [6.07, 6.45) is 3.34. The van der Waals surface area contributed by atoms with E-state index < -0.39 is 6.03 Å². The molecule has 0 saturated heterocycles. The zero-order valence-electron chi connectivity index (χ0n) is 6.74. The van der Waals surface area contributed by atoms with Crippen molar-refractivity contribution >= 4 is 6.03 Å². The van der Waals surface area contributed by atoms with Gasteiger partial charge in [-0.15, -0.1) is 0 Å². The average Bonchev–Trinajstić information content (AvgIpc) is 2.47. The van der Waals surface area contributed by atoms with Crippen LogP contribution in [0.25, 0.3) is 0 Å². The molecule has 1 heterocycles. The molecule has 6 nitrogen and oxygen atoms in total. The third kappa shape index (κ3) is 1.96. The van der Waals surface area contributed by atoms with Gasteiger partial charge in [-0.1, -0.05) is 0 Å². The van der Waals surface area contributed by atoms with E-state index in [2.05, 4.69) is 10.3 Å². The minimum absolute atomic E-state index is 0.406. The maximum Gasteiger partial charge on any atom is 0.329 e. The smallest absolute Gasteiger partial charge is 0.329 e. The van der Waals surface area contributed by atoms with E-state index in [0.717, 1.165) is 5.69 Å². The molecule has 4 N–H and O–H groups in total. The lowest BCUT2D eigenvalue weighted by Crippen LogP contribution is -2.39. The van der Waals surface area contributed by atoms with Crippen molar-refractivity contribution in [2.45, 2.75) is 6.54 Å². The van der Waals surface area contributed by atoms with E-state index in [9.17, 15) is 4.79 Å². The number of hydrogen-bond acceptors (Lipinski definition) is 3. The predicted octanol–water partition coefficient (Wildman–Crippen LogP) is -0.907. The molecular formula is C6H11N5O. The summed E-state index contributed by atoms with van der Waals surface area (Å²) < 4.78 is 1.82. The van der Waals surface area contributed by atoms with E-state index in [1.165, 1.54) is 0 Å². The molecule has 66 valence electrons. The van der Waals surface area contributed by atoms with Gasteiger partial charge in [0.15, 0.2) is 0 Å². The second-order valence-electron chi connectivity index (χ2n) is 2.32. The van der Waals surface area contributed by atoms with Gasteiger partial charge in [0.2, 0.25) is 0 Å². The number of carbonyl (C=O) groups is 1. The predicted molar refractivity (Wildman–Crippen MR) is 42.8 cm³/mol. The molecule has 2 amide bonds.